The molecule has 0 bridgehead atoms. The predicted molar refractivity (Wildman–Crippen MR) is 101 cm³/mol. The van der Waals surface area contributed by atoms with Crippen molar-refractivity contribution >= 4 is 0 Å². The second-order valence-corrected chi connectivity index (χ2v) is 6.38. The van der Waals surface area contributed by atoms with Crippen LogP contribution in [-0.2, 0) is 10.3 Å². The molecule has 136 valence electrons. The Labute approximate surface area is 157 Å². The van der Waals surface area contributed by atoms with Crippen molar-refractivity contribution in [2.75, 3.05) is 6.73 Å². The van der Waals surface area contributed by atoms with Crippen LogP contribution in [0, 0.1) is 0 Å². The summed E-state index contributed by atoms with van der Waals surface area (Å²) in [5, 5.41) is 0. The molecule has 0 atom stereocenters. The zero-order chi connectivity index (χ0) is 18.7. The fourth-order valence-corrected chi connectivity index (χ4v) is 3.80. The monoisotopic (exact) mass is 363 g/mol. The number of nitrogens with zero attached hydrogens (tertiary/aromatic N) is 1. The van der Waals surface area contributed by atoms with Crippen LogP contribution in [0.15, 0.2) is 103 Å². The van der Waals surface area contributed by atoms with Gasteiger partial charge in [0.25, 0.3) is 6.43 Å². The number of rotatable bonds is 5. The standard InChI is InChI=1S/C23H19F2NO/c24-22(25)21-16-27-17-26(21)23(18-10-4-1-5-11-18,19-12-6-2-7-13-19)20-14-8-3-9-15-20/h1-16,22H,17H2. The molecule has 0 saturated carbocycles. The fourth-order valence-electron chi connectivity index (χ4n) is 3.80. The summed E-state index contributed by atoms with van der Waals surface area (Å²) < 4.78 is 33.1. The van der Waals surface area contributed by atoms with E-state index >= 15 is 0 Å². The lowest BCUT2D eigenvalue weighted by Gasteiger charge is -2.44. The lowest BCUT2D eigenvalue weighted by molar-refractivity contribution is 0.0711. The highest BCUT2D eigenvalue weighted by Gasteiger charge is 2.46. The van der Waals surface area contributed by atoms with Crippen LogP contribution in [0.2, 0.25) is 0 Å². The van der Waals surface area contributed by atoms with Crippen LogP contribution in [0.1, 0.15) is 16.7 Å². The van der Waals surface area contributed by atoms with Gasteiger partial charge in [-0.3, -0.25) is 0 Å². The molecule has 1 aliphatic heterocycles. The lowest BCUT2D eigenvalue weighted by atomic mass is 9.75. The van der Waals surface area contributed by atoms with Gasteiger partial charge in [0.2, 0.25) is 0 Å². The van der Waals surface area contributed by atoms with Crippen LogP contribution in [0.5, 0.6) is 0 Å². The average Bonchev–Trinajstić information content (AvgIpc) is 3.22. The van der Waals surface area contributed by atoms with Gasteiger partial charge in [0.05, 0.1) is 0 Å². The Morgan fingerprint density at radius 3 is 1.48 bits per heavy atom. The molecule has 0 unspecified atom stereocenters. The van der Waals surface area contributed by atoms with E-state index in [1.807, 2.05) is 91.0 Å². The van der Waals surface area contributed by atoms with Gasteiger partial charge in [0, 0.05) is 0 Å². The van der Waals surface area contributed by atoms with Gasteiger partial charge in [-0.15, -0.1) is 0 Å². The van der Waals surface area contributed by atoms with Crippen LogP contribution in [0.3, 0.4) is 0 Å². The van der Waals surface area contributed by atoms with Crippen molar-refractivity contribution in [1.82, 2.24) is 4.90 Å². The van der Waals surface area contributed by atoms with Gasteiger partial charge in [-0.2, -0.15) is 0 Å². The van der Waals surface area contributed by atoms with Crippen molar-refractivity contribution in [3.63, 3.8) is 0 Å². The second kappa shape index (κ2) is 7.23. The van der Waals surface area contributed by atoms with E-state index in [2.05, 4.69) is 0 Å². The molecule has 27 heavy (non-hydrogen) atoms. The van der Waals surface area contributed by atoms with Crippen molar-refractivity contribution in [2.45, 2.75) is 12.0 Å². The molecule has 0 saturated heterocycles. The topological polar surface area (TPSA) is 12.5 Å². The minimum absolute atomic E-state index is 0.0539. The number of alkyl halides is 2. The maximum Gasteiger partial charge on any atom is 0.281 e. The van der Waals surface area contributed by atoms with E-state index in [1.54, 1.807) is 4.90 Å². The maximum absolute atomic E-state index is 13.9. The summed E-state index contributed by atoms with van der Waals surface area (Å²) in [6, 6.07) is 29.2. The SMILES string of the molecule is FC(F)C1=COCN1C(c1ccccc1)(c1ccccc1)c1ccccc1. The molecule has 0 amide bonds. The number of benzene rings is 3. The van der Waals surface area contributed by atoms with Gasteiger partial charge >= 0.3 is 0 Å². The van der Waals surface area contributed by atoms with Crippen LogP contribution < -0.4 is 0 Å². The van der Waals surface area contributed by atoms with Gasteiger partial charge in [0.15, 0.2) is 6.73 Å². The highest BCUT2D eigenvalue weighted by Crippen LogP contribution is 2.46. The summed E-state index contributed by atoms with van der Waals surface area (Å²) in [4.78, 5) is 1.66. The normalized spacial score (nSPS) is 14.2. The van der Waals surface area contributed by atoms with E-state index < -0.39 is 12.0 Å². The van der Waals surface area contributed by atoms with E-state index in [0.29, 0.717) is 0 Å². The Kier molecular flexibility index (Phi) is 4.63. The first-order valence-corrected chi connectivity index (χ1v) is 8.78. The van der Waals surface area contributed by atoms with Crippen molar-refractivity contribution in [2.24, 2.45) is 0 Å². The smallest absolute Gasteiger partial charge is 0.281 e. The molecule has 1 heterocycles. The molecule has 0 spiro atoms. The van der Waals surface area contributed by atoms with Crippen molar-refractivity contribution in [1.29, 1.82) is 0 Å². The zero-order valence-electron chi connectivity index (χ0n) is 14.6. The molecular formula is C23H19F2NO. The highest BCUT2D eigenvalue weighted by molar-refractivity contribution is 5.51. The molecule has 3 aromatic rings. The minimum Gasteiger partial charge on any atom is -0.479 e. The molecule has 2 nitrogen and oxygen atoms in total. The van der Waals surface area contributed by atoms with Crippen molar-refractivity contribution in [3.05, 3.63) is 120 Å². The molecule has 0 N–H and O–H groups in total. The van der Waals surface area contributed by atoms with E-state index in [4.69, 9.17) is 4.74 Å². The summed E-state index contributed by atoms with van der Waals surface area (Å²) in [6.45, 7) is 0.0539. The van der Waals surface area contributed by atoms with Gasteiger partial charge in [-0.25, -0.2) is 8.78 Å². The Morgan fingerprint density at radius 1 is 0.704 bits per heavy atom. The summed E-state index contributed by atoms with van der Waals surface area (Å²) in [7, 11) is 0. The lowest BCUT2D eigenvalue weighted by Crippen LogP contribution is -2.47. The Bertz CT molecular complexity index is 814. The third kappa shape index (κ3) is 2.87. The van der Waals surface area contributed by atoms with Gasteiger partial charge in [-0.1, -0.05) is 91.0 Å². The van der Waals surface area contributed by atoms with E-state index in [9.17, 15) is 8.78 Å². The molecule has 0 radical (unpaired) electrons. The third-order valence-corrected chi connectivity index (χ3v) is 4.92. The van der Waals surface area contributed by atoms with Crippen LogP contribution >= 0.6 is 0 Å². The van der Waals surface area contributed by atoms with Crippen molar-refractivity contribution < 1.29 is 13.5 Å². The van der Waals surface area contributed by atoms with Gasteiger partial charge in [0.1, 0.15) is 17.5 Å². The third-order valence-electron chi connectivity index (χ3n) is 4.92. The molecule has 3 aromatic carbocycles. The maximum atomic E-state index is 13.9. The molecule has 4 rings (SSSR count). The molecule has 0 fully saturated rings. The summed E-state index contributed by atoms with van der Waals surface area (Å²) in [5.41, 5.74) is 1.66. The van der Waals surface area contributed by atoms with Crippen LogP contribution in [0.25, 0.3) is 0 Å². The Balaban J connectivity index is 2.06. The molecule has 0 aliphatic carbocycles. The summed E-state index contributed by atoms with van der Waals surface area (Å²) in [6.07, 6.45) is -1.46. The number of halogens is 2. The molecule has 1 aliphatic rings. The first kappa shape index (κ1) is 17.3. The average molecular weight is 363 g/mol. The largest absolute Gasteiger partial charge is 0.479 e. The highest BCUT2D eigenvalue weighted by atomic mass is 19.3. The first-order valence-electron chi connectivity index (χ1n) is 8.78. The number of ether oxygens (including phenoxy) is 1. The van der Waals surface area contributed by atoms with Gasteiger partial charge < -0.3 is 9.64 Å². The quantitative estimate of drug-likeness (QED) is 0.565. The fraction of sp³-hybridized carbons (Fsp3) is 0.130. The second-order valence-electron chi connectivity index (χ2n) is 6.38. The predicted octanol–water partition coefficient (Wildman–Crippen LogP) is 5.37. The summed E-state index contributed by atoms with van der Waals surface area (Å²) in [5.74, 6) is 0. The Morgan fingerprint density at radius 2 is 1.11 bits per heavy atom. The molecular weight excluding hydrogens is 344 g/mol. The zero-order valence-corrected chi connectivity index (χ0v) is 14.6. The van der Waals surface area contributed by atoms with Crippen LogP contribution in [0.4, 0.5) is 8.78 Å². The molecule has 4 heteroatoms. The van der Waals surface area contributed by atoms with Gasteiger partial charge in [-0.05, 0) is 16.7 Å². The van der Waals surface area contributed by atoms with Crippen molar-refractivity contribution in [3.8, 4) is 0 Å². The number of hydrogen-bond acceptors (Lipinski definition) is 2. The van der Waals surface area contributed by atoms with E-state index in [0.717, 1.165) is 16.7 Å². The number of hydrogen-bond donors (Lipinski definition) is 0. The molecule has 0 aromatic heterocycles. The van der Waals surface area contributed by atoms with E-state index in [-0.39, 0.29) is 12.4 Å². The first-order chi connectivity index (χ1) is 13.2. The van der Waals surface area contributed by atoms with E-state index in [1.165, 1.54) is 6.26 Å². The summed E-state index contributed by atoms with van der Waals surface area (Å²) >= 11 is 0. The van der Waals surface area contributed by atoms with Crippen LogP contribution in [-0.4, -0.2) is 18.1 Å². The minimum atomic E-state index is -2.64. The Hall–Kier alpha value is -3.14. The number of allylic oxidation sites excluding steroid dienone is 1.